The van der Waals surface area contributed by atoms with Gasteiger partial charge in [-0.05, 0) is 54.1 Å². The van der Waals surface area contributed by atoms with Crippen LogP contribution in [-0.4, -0.2) is 37.0 Å². The summed E-state index contributed by atoms with van der Waals surface area (Å²) in [4.78, 5) is 14.2. The van der Waals surface area contributed by atoms with Crippen LogP contribution < -0.4 is 5.32 Å². The molecule has 1 aliphatic heterocycles. The van der Waals surface area contributed by atoms with Crippen LogP contribution in [0.5, 0.6) is 0 Å². The molecule has 2 rings (SSSR count). The Morgan fingerprint density at radius 1 is 1.58 bits per heavy atom. The second-order valence-electron chi connectivity index (χ2n) is 5.53. The second kappa shape index (κ2) is 7.65. The molecule has 1 aromatic rings. The molecule has 0 unspecified atom stereocenters. The van der Waals surface area contributed by atoms with Crippen LogP contribution in [0, 0.1) is 5.92 Å². The van der Waals surface area contributed by atoms with Crippen molar-refractivity contribution in [2.24, 2.45) is 5.92 Å². The summed E-state index contributed by atoms with van der Waals surface area (Å²) in [5.41, 5.74) is 1.27. The minimum atomic E-state index is 0.177. The number of nitrogens with one attached hydrogen (secondary N) is 1. The summed E-state index contributed by atoms with van der Waals surface area (Å²) >= 11 is 1.69. The highest BCUT2D eigenvalue weighted by atomic mass is 32.1. The van der Waals surface area contributed by atoms with Crippen molar-refractivity contribution >= 4 is 17.2 Å². The molecule has 3 nitrogen and oxygen atoms in total. The molecular weight excluding hydrogens is 256 g/mol. The summed E-state index contributed by atoms with van der Waals surface area (Å²) in [5, 5.41) is 7.20. The van der Waals surface area contributed by atoms with Gasteiger partial charge in [0.2, 0.25) is 5.91 Å². The van der Waals surface area contributed by atoms with Crippen molar-refractivity contribution in [2.45, 2.75) is 32.6 Å². The van der Waals surface area contributed by atoms with Crippen molar-refractivity contribution in [3.63, 3.8) is 0 Å². The average Bonchev–Trinajstić information content (AvgIpc) is 2.89. The summed E-state index contributed by atoms with van der Waals surface area (Å²) in [6, 6.07) is 2.09. The minimum Gasteiger partial charge on any atom is -0.355 e. The first kappa shape index (κ1) is 14.5. The molecule has 1 aromatic heterocycles. The van der Waals surface area contributed by atoms with Gasteiger partial charge in [-0.3, -0.25) is 4.79 Å². The zero-order valence-corrected chi connectivity index (χ0v) is 12.5. The first-order chi connectivity index (χ1) is 9.24. The van der Waals surface area contributed by atoms with Gasteiger partial charge in [0.25, 0.3) is 0 Å². The van der Waals surface area contributed by atoms with E-state index in [0.29, 0.717) is 6.42 Å². The molecule has 1 atom stereocenters. The van der Waals surface area contributed by atoms with Crippen molar-refractivity contribution in [1.29, 1.82) is 0 Å². The molecule has 0 aliphatic carbocycles. The number of thiophene rings is 1. The van der Waals surface area contributed by atoms with Gasteiger partial charge < -0.3 is 10.2 Å². The smallest absolute Gasteiger partial charge is 0.220 e. The van der Waals surface area contributed by atoms with Gasteiger partial charge in [0.15, 0.2) is 0 Å². The Balaban J connectivity index is 1.56. The van der Waals surface area contributed by atoms with E-state index in [2.05, 4.69) is 34.0 Å². The Morgan fingerprint density at radius 3 is 3.21 bits per heavy atom. The van der Waals surface area contributed by atoms with Crippen molar-refractivity contribution in [3.8, 4) is 0 Å². The Morgan fingerprint density at radius 2 is 2.47 bits per heavy atom. The van der Waals surface area contributed by atoms with E-state index in [1.54, 1.807) is 11.3 Å². The van der Waals surface area contributed by atoms with Crippen LogP contribution in [0.25, 0.3) is 0 Å². The maximum Gasteiger partial charge on any atom is 0.220 e. The minimum absolute atomic E-state index is 0.177. The summed E-state index contributed by atoms with van der Waals surface area (Å²) in [5.74, 6) is 0.985. The molecule has 1 aliphatic rings. The number of rotatable bonds is 6. The van der Waals surface area contributed by atoms with E-state index in [1.165, 1.54) is 31.5 Å². The molecular formula is C15H24N2OS. The molecule has 19 heavy (non-hydrogen) atoms. The molecule has 0 spiro atoms. The van der Waals surface area contributed by atoms with E-state index < -0.39 is 0 Å². The molecule has 1 amide bonds. The zero-order chi connectivity index (χ0) is 13.5. The Labute approximate surface area is 120 Å². The van der Waals surface area contributed by atoms with Gasteiger partial charge in [0.1, 0.15) is 0 Å². The van der Waals surface area contributed by atoms with Gasteiger partial charge in [0.05, 0.1) is 0 Å². The molecule has 4 heteroatoms. The van der Waals surface area contributed by atoms with Crippen LogP contribution >= 0.6 is 11.3 Å². The second-order valence-corrected chi connectivity index (χ2v) is 6.31. The fourth-order valence-corrected chi connectivity index (χ4v) is 3.33. The van der Waals surface area contributed by atoms with Crippen LogP contribution in [0.1, 0.15) is 31.7 Å². The SMILES string of the molecule is C[C@H]1CCCN(CCNC(=O)CCc2ccsc2)C1. The van der Waals surface area contributed by atoms with Gasteiger partial charge in [-0.15, -0.1) is 0 Å². The molecule has 2 heterocycles. The molecule has 1 fully saturated rings. The Bertz CT molecular complexity index is 378. The lowest BCUT2D eigenvalue weighted by atomic mass is 10.0. The number of carbonyl (C=O) groups excluding carboxylic acids is 1. The molecule has 0 aromatic carbocycles. The fourth-order valence-electron chi connectivity index (χ4n) is 2.62. The van der Waals surface area contributed by atoms with Gasteiger partial charge in [0, 0.05) is 26.1 Å². The van der Waals surface area contributed by atoms with Crippen LogP contribution in [0.4, 0.5) is 0 Å². The van der Waals surface area contributed by atoms with Crippen molar-refractivity contribution < 1.29 is 4.79 Å². The number of nitrogens with zero attached hydrogens (tertiary/aromatic N) is 1. The first-order valence-corrected chi connectivity index (χ1v) is 8.18. The quantitative estimate of drug-likeness (QED) is 0.868. The lowest BCUT2D eigenvalue weighted by Gasteiger charge is -2.30. The topological polar surface area (TPSA) is 32.3 Å². The van der Waals surface area contributed by atoms with Crippen LogP contribution in [0.2, 0.25) is 0 Å². The summed E-state index contributed by atoms with van der Waals surface area (Å²) in [6.07, 6.45) is 4.11. The van der Waals surface area contributed by atoms with E-state index in [1.807, 2.05) is 0 Å². The highest BCUT2D eigenvalue weighted by molar-refractivity contribution is 7.07. The third kappa shape index (κ3) is 5.33. The van der Waals surface area contributed by atoms with E-state index in [0.717, 1.165) is 25.4 Å². The van der Waals surface area contributed by atoms with E-state index in [9.17, 15) is 4.79 Å². The highest BCUT2D eigenvalue weighted by Crippen LogP contribution is 2.14. The molecule has 0 radical (unpaired) electrons. The predicted octanol–water partition coefficient (Wildman–Crippen LogP) is 2.53. The number of hydrogen-bond acceptors (Lipinski definition) is 3. The zero-order valence-electron chi connectivity index (χ0n) is 11.7. The highest BCUT2D eigenvalue weighted by Gasteiger charge is 2.15. The number of hydrogen-bond donors (Lipinski definition) is 1. The number of piperidine rings is 1. The maximum atomic E-state index is 11.7. The van der Waals surface area contributed by atoms with Gasteiger partial charge in [-0.25, -0.2) is 0 Å². The number of amides is 1. The van der Waals surface area contributed by atoms with Crippen molar-refractivity contribution in [3.05, 3.63) is 22.4 Å². The van der Waals surface area contributed by atoms with Gasteiger partial charge >= 0.3 is 0 Å². The third-order valence-corrected chi connectivity index (χ3v) is 4.44. The molecule has 106 valence electrons. The van der Waals surface area contributed by atoms with Crippen molar-refractivity contribution in [2.75, 3.05) is 26.2 Å². The Kier molecular flexibility index (Phi) is 5.86. The number of aryl methyl sites for hydroxylation is 1. The van der Waals surface area contributed by atoms with Crippen LogP contribution in [0.3, 0.4) is 0 Å². The molecule has 0 bridgehead atoms. The first-order valence-electron chi connectivity index (χ1n) is 7.24. The van der Waals surface area contributed by atoms with Gasteiger partial charge in [-0.2, -0.15) is 11.3 Å². The molecule has 1 N–H and O–H groups in total. The lowest BCUT2D eigenvalue weighted by Crippen LogP contribution is -2.40. The van der Waals surface area contributed by atoms with Crippen LogP contribution in [-0.2, 0) is 11.2 Å². The largest absolute Gasteiger partial charge is 0.355 e. The molecule has 0 saturated carbocycles. The van der Waals surface area contributed by atoms with E-state index in [4.69, 9.17) is 0 Å². The fraction of sp³-hybridized carbons (Fsp3) is 0.667. The summed E-state index contributed by atoms with van der Waals surface area (Å²) in [6.45, 7) is 6.47. The predicted molar refractivity (Wildman–Crippen MR) is 80.5 cm³/mol. The third-order valence-electron chi connectivity index (χ3n) is 3.71. The van der Waals surface area contributed by atoms with E-state index in [-0.39, 0.29) is 5.91 Å². The Hall–Kier alpha value is -0.870. The number of likely N-dealkylation sites (tertiary alicyclic amines) is 1. The van der Waals surface area contributed by atoms with E-state index >= 15 is 0 Å². The maximum absolute atomic E-state index is 11.7. The average molecular weight is 280 g/mol. The molecule has 1 saturated heterocycles. The monoisotopic (exact) mass is 280 g/mol. The summed E-state index contributed by atoms with van der Waals surface area (Å²) in [7, 11) is 0. The van der Waals surface area contributed by atoms with Crippen molar-refractivity contribution in [1.82, 2.24) is 10.2 Å². The lowest BCUT2D eigenvalue weighted by molar-refractivity contribution is -0.121. The van der Waals surface area contributed by atoms with Crippen LogP contribution in [0.15, 0.2) is 16.8 Å². The standard InChI is InChI=1S/C15H24N2OS/c1-13-3-2-8-17(11-13)9-7-16-15(18)5-4-14-6-10-19-12-14/h6,10,12-13H,2-5,7-9,11H2,1H3,(H,16,18)/t13-/m0/s1. The summed E-state index contributed by atoms with van der Waals surface area (Å²) < 4.78 is 0. The normalized spacial score (nSPS) is 20.4. The van der Waals surface area contributed by atoms with Gasteiger partial charge in [-0.1, -0.05) is 6.92 Å². The number of carbonyl (C=O) groups is 1.